The summed E-state index contributed by atoms with van der Waals surface area (Å²) in [5, 5.41) is 0. The first kappa shape index (κ1) is 18.2. The topological polar surface area (TPSA) is 0 Å². The van der Waals surface area contributed by atoms with Crippen molar-refractivity contribution in [1.29, 1.82) is 0 Å². The second-order valence-corrected chi connectivity index (χ2v) is 7.64. The van der Waals surface area contributed by atoms with Crippen molar-refractivity contribution in [2.45, 2.75) is 51.4 Å². The summed E-state index contributed by atoms with van der Waals surface area (Å²) < 4.78 is 12.2. The highest BCUT2D eigenvalue weighted by molar-refractivity contribution is 5.34. The third-order valence-corrected chi connectivity index (χ3v) is 6.24. The molecule has 0 aromatic heterocycles. The number of rotatable bonds is 6. The first-order valence-electron chi connectivity index (χ1n) is 9.93. The van der Waals surface area contributed by atoms with E-state index in [9.17, 15) is 4.39 Å². The zero-order chi connectivity index (χ0) is 17.5. The Balaban J connectivity index is 1.63. The molecule has 0 N–H and O–H groups in total. The molecule has 3 rings (SSSR count). The first-order chi connectivity index (χ1) is 12.3. The average molecular weight is 339 g/mol. The Bertz CT molecular complexity index is 588. The number of benzene rings is 1. The molecule has 0 amide bonds. The van der Waals surface area contributed by atoms with Crippen LogP contribution in [-0.2, 0) is 0 Å². The summed E-state index contributed by atoms with van der Waals surface area (Å²) in [6, 6.07) is 10.8. The van der Waals surface area contributed by atoms with Crippen LogP contribution in [-0.4, -0.2) is 6.67 Å². The molecule has 0 radical (unpaired) electrons. The van der Waals surface area contributed by atoms with Crippen molar-refractivity contribution in [2.24, 2.45) is 17.3 Å². The van der Waals surface area contributed by atoms with E-state index in [2.05, 4.69) is 67.6 Å². The van der Waals surface area contributed by atoms with Crippen molar-refractivity contribution in [3.05, 3.63) is 72.4 Å². The van der Waals surface area contributed by atoms with Gasteiger partial charge in [0.05, 0.1) is 6.67 Å². The molecular weight excluding hydrogens is 307 g/mol. The lowest BCUT2D eigenvalue weighted by atomic mass is 9.63. The van der Waals surface area contributed by atoms with Crippen molar-refractivity contribution in [1.82, 2.24) is 0 Å². The maximum atomic E-state index is 12.2. The molecule has 134 valence electrons. The van der Waals surface area contributed by atoms with Gasteiger partial charge in [0.2, 0.25) is 0 Å². The summed E-state index contributed by atoms with van der Waals surface area (Å²) in [4.78, 5) is 0. The van der Waals surface area contributed by atoms with E-state index >= 15 is 0 Å². The summed E-state index contributed by atoms with van der Waals surface area (Å²) >= 11 is 0. The molecule has 0 saturated heterocycles. The smallest absolute Gasteiger partial charge is 0.0928 e. The van der Waals surface area contributed by atoms with Gasteiger partial charge in [-0.15, -0.1) is 0 Å². The van der Waals surface area contributed by atoms with Gasteiger partial charge in [-0.1, -0.05) is 73.7 Å². The standard InChI is InChI=1S/C24H31F/c1-2-24(23-13-11-20(12-14-23)8-6-7-19-25)17-15-22(16-18-24)21-9-4-3-5-10-21/h3-6,8-10,15-18,20,22-23H,2,7,11-14,19H2,1H3/b8-6+/t20-,22?,23-,24?. The van der Waals surface area contributed by atoms with Crippen LogP contribution >= 0.6 is 0 Å². The number of halogens is 1. The fraction of sp³-hybridized carbons (Fsp3) is 0.500. The predicted molar refractivity (Wildman–Crippen MR) is 105 cm³/mol. The zero-order valence-electron chi connectivity index (χ0n) is 15.4. The van der Waals surface area contributed by atoms with E-state index in [0.29, 0.717) is 18.3 Å². The third-order valence-electron chi connectivity index (χ3n) is 6.24. The quantitative estimate of drug-likeness (QED) is 0.489. The van der Waals surface area contributed by atoms with Gasteiger partial charge < -0.3 is 0 Å². The molecule has 2 aliphatic carbocycles. The Morgan fingerprint density at radius 3 is 2.32 bits per heavy atom. The number of hydrogen-bond donors (Lipinski definition) is 0. The highest BCUT2D eigenvalue weighted by atomic mass is 19.1. The van der Waals surface area contributed by atoms with Gasteiger partial charge in [0.25, 0.3) is 0 Å². The second-order valence-electron chi connectivity index (χ2n) is 7.64. The Labute approximate surface area is 152 Å². The van der Waals surface area contributed by atoms with E-state index in [-0.39, 0.29) is 12.1 Å². The Hall–Kier alpha value is -1.63. The molecule has 25 heavy (non-hydrogen) atoms. The van der Waals surface area contributed by atoms with Gasteiger partial charge in [-0.25, -0.2) is 0 Å². The summed E-state index contributed by atoms with van der Waals surface area (Å²) in [6.45, 7) is 2.09. The van der Waals surface area contributed by atoms with Crippen molar-refractivity contribution in [2.75, 3.05) is 6.67 Å². The summed E-state index contributed by atoms with van der Waals surface area (Å²) in [5.74, 6) is 1.82. The molecule has 1 heteroatoms. The molecule has 0 atom stereocenters. The van der Waals surface area contributed by atoms with E-state index in [1.54, 1.807) is 0 Å². The molecule has 1 fully saturated rings. The van der Waals surface area contributed by atoms with Crippen LogP contribution in [0.4, 0.5) is 4.39 Å². The van der Waals surface area contributed by atoms with Gasteiger partial charge in [-0.05, 0) is 55.9 Å². The van der Waals surface area contributed by atoms with Gasteiger partial charge >= 0.3 is 0 Å². The van der Waals surface area contributed by atoms with Crippen LogP contribution in [0.5, 0.6) is 0 Å². The van der Waals surface area contributed by atoms with Crippen LogP contribution in [0.3, 0.4) is 0 Å². The fourth-order valence-electron chi connectivity index (χ4n) is 4.58. The van der Waals surface area contributed by atoms with Gasteiger partial charge in [0.15, 0.2) is 0 Å². The Morgan fingerprint density at radius 1 is 1.04 bits per heavy atom. The molecular formula is C24H31F. The lowest BCUT2D eigenvalue weighted by Crippen LogP contribution is -2.31. The minimum atomic E-state index is -0.233. The summed E-state index contributed by atoms with van der Waals surface area (Å²) in [7, 11) is 0. The molecule has 1 aromatic rings. The van der Waals surface area contributed by atoms with Crippen LogP contribution in [0.1, 0.15) is 56.9 Å². The summed E-state index contributed by atoms with van der Waals surface area (Å²) in [6.07, 6.45) is 20.9. The Morgan fingerprint density at radius 2 is 1.72 bits per heavy atom. The maximum absolute atomic E-state index is 12.2. The summed E-state index contributed by atoms with van der Waals surface area (Å²) in [5.41, 5.74) is 1.61. The van der Waals surface area contributed by atoms with E-state index in [1.165, 1.54) is 37.7 Å². The monoisotopic (exact) mass is 338 g/mol. The highest BCUT2D eigenvalue weighted by Gasteiger charge is 2.36. The molecule has 0 bridgehead atoms. The molecule has 2 aliphatic rings. The second kappa shape index (κ2) is 8.65. The van der Waals surface area contributed by atoms with Crippen LogP contribution in [0.2, 0.25) is 0 Å². The largest absolute Gasteiger partial charge is 0.251 e. The van der Waals surface area contributed by atoms with Crippen LogP contribution in [0, 0.1) is 17.3 Å². The van der Waals surface area contributed by atoms with Gasteiger partial charge in [0, 0.05) is 11.3 Å². The van der Waals surface area contributed by atoms with Crippen molar-refractivity contribution in [3.63, 3.8) is 0 Å². The SMILES string of the molecule is CCC1([C@H]2CC[C@H](/C=C/CCF)CC2)C=CC(c2ccccc2)C=C1. The number of hydrogen-bond acceptors (Lipinski definition) is 0. The van der Waals surface area contributed by atoms with Crippen LogP contribution in [0.15, 0.2) is 66.8 Å². The van der Waals surface area contributed by atoms with E-state index in [4.69, 9.17) is 0 Å². The first-order valence-corrected chi connectivity index (χ1v) is 9.93. The van der Waals surface area contributed by atoms with Gasteiger partial charge in [-0.2, -0.15) is 0 Å². The maximum Gasteiger partial charge on any atom is 0.0928 e. The molecule has 0 heterocycles. The zero-order valence-corrected chi connectivity index (χ0v) is 15.4. The minimum absolute atomic E-state index is 0.233. The highest BCUT2D eigenvalue weighted by Crippen LogP contribution is 2.47. The Kier molecular flexibility index (Phi) is 6.29. The van der Waals surface area contributed by atoms with E-state index < -0.39 is 0 Å². The third kappa shape index (κ3) is 4.32. The number of allylic oxidation sites excluding steroid dienone is 6. The van der Waals surface area contributed by atoms with E-state index in [1.807, 2.05) is 6.08 Å². The normalized spacial score (nSPS) is 32.3. The van der Waals surface area contributed by atoms with E-state index in [0.717, 1.165) is 5.92 Å². The van der Waals surface area contributed by atoms with Crippen molar-refractivity contribution in [3.8, 4) is 0 Å². The fourth-order valence-corrected chi connectivity index (χ4v) is 4.58. The van der Waals surface area contributed by atoms with Crippen LogP contribution < -0.4 is 0 Å². The predicted octanol–water partition coefficient (Wildman–Crippen LogP) is 7.01. The van der Waals surface area contributed by atoms with Gasteiger partial charge in [0.1, 0.15) is 0 Å². The molecule has 0 aliphatic heterocycles. The number of alkyl halides is 1. The molecule has 1 saturated carbocycles. The lowest BCUT2D eigenvalue weighted by molar-refractivity contribution is 0.191. The molecule has 0 spiro atoms. The molecule has 1 aromatic carbocycles. The van der Waals surface area contributed by atoms with Gasteiger partial charge in [-0.3, -0.25) is 4.39 Å². The molecule has 0 nitrogen and oxygen atoms in total. The van der Waals surface area contributed by atoms with Crippen LogP contribution in [0.25, 0.3) is 0 Å². The lowest BCUT2D eigenvalue weighted by Gasteiger charge is -2.41. The van der Waals surface area contributed by atoms with Crippen molar-refractivity contribution < 1.29 is 4.39 Å². The molecule has 0 unspecified atom stereocenters. The minimum Gasteiger partial charge on any atom is -0.251 e. The average Bonchev–Trinajstić information content (AvgIpc) is 2.69. The van der Waals surface area contributed by atoms with Crippen molar-refractivity contribution >= 4 is 0 Å².